The Hall–Kier alpha value is -0.0800. The molecule has 0 aromatic heterocycles. The molecule has 0 aliphatic carbocycles. The summed E-state index contributed by atoms with van der Waals surface area (Å²) in [6, 6.07) is 1.26. The van der Waals surface area contributed by atoms with Gasteiger partial charge in [-0.3, -0.25) is 0 Å². The minimum atomic E-state index is 0.324. The maximum atomic E-state index is 8.57. The second kappa shape index (κ2) is 3.18. The maximum Gasteiger partial charge on any atom is 0.0445 e. The summed E-state index contributed by atoms with van der Waals surface area (Å²) < 4.78 is 0. The Bertz CT molecular complexity index is 83.0. The van der Waals surface area contributed by atoms with Crippen molar-refractivity contribution in [3.05, 3.63) is 0 Å². The van der Waals surface area contributed by atoms with Gasteiger partial charge in [0.1, 0.15) is 0 Å². The van der Waals surface area contributed by atoms with E-state index in [1.165, 1.54) is 12.8 Å². The Balaban J connectivity index is 2.14. The van der Waals surface area contributed by atoms with Crippen molar-refractivity contribution >= 4 is 0 Å². The lowest BCUT2D eigenvalue weighted by molar-refractivity contribution is 0.269. The first-order valence-electron chi connectivity index (χ1n) is 3.70. The Morgan fingerprint density at radius 1 is 1.56 bits per heavy atom. The van der Waals surface area contributed by atoms with Gasteiger partial charge in [-0.2, -0.15) is 0 Å². The molecule has 0 aromatic carbocycles. The van der Waals surface area contributed by atoms with E-state index >= 15 is 0 Å². The fraction of sp³-hybridized carbons (Fsp3) is 1.00. The van der Waals surface area contributed by atoms with Crippen LogP contribution in [0.25, 0.3) is 0 Å². The van der Waals surface area contributed by atoms with Crippen LogP contribution in [0, 0.1) is 0 Å². The molecule has 1 rings (SSSR count). The molecular formula is C7H15NO. The lowest BCUT2D eigenvalue weighted by Crippen LogP contribution is -2.27. The van der Waals surface area contributed by atoms with Crippen molar-refractivity contribution in [2.24, 2.45) is 0 Å². The molecule has 1 heterocycles. The molecule has 0 spiro atoms. The Labute approximate surface area is 56.3 Å². The summed E-state index contributed by atoms with van der Waals surface area (Å²) in [5.74, 6) is 0. The van der Waals surface area contributed by atoms with Gasteiger partial charge in [-0.1, -0.05) is 0 Å². The third-order valence-electron chi connectivity index (χ3n) is 1.95. The highest BCUT2D eigenvalue weighted by molar-refractivity contribution is 4.79. The van der Waals surface area contributed by atoms with E-state index in [-0.39, 0.29) is 0 Å². The third-order valence-corrected chi connectivity index (χ3v) is 1.95. The normalized spacial score (nSPS) is 35.3. The molecule has 1 saturated heterocycles. The number of aliphatic hydroxyl groups excluding tert-OH is 1. The van der Waals surface area contributed by atoms with Crippen molar-refractivity contribution in [1.82, 2.24) is 5.32 Å². The van der Waals surface area contributed by atoms with Gasteiger partial charge in [0.05, 0.1) is 0 Å². The molecule has 0 amide bonds. The molecule has 0 radical (unpaired) electrons. The van der Waals surface area contributed by atoms with Crippen molar-refractivity contribution in [3.63, 3.8) is 0 Å². The van der Waals surface area contributed by atoms with Crippen LogP contribution in [0.5, 0.6) is 0 Å². The van der Waals surface area contributed by atoms with Gasteiger partial charge >= 0.3 is 0 Å². The van der Waals surface area contributed by atoms with E-state index in [1.54, 1.807) is 0 Å². The van der Waals surface area contributed by atoms with E-state index in [4.69, 9.17) is 5.11 Å². The molecule has 9 heavy (non-hydrogen) atoms. The number of hydrogen-bond acceptors (Lipinski definition) is 2. The summed E-state index contributed by atoms with van der Waals surface area (Å²) in [6.45, 7) is 2.52. The summed E-state index contributed by atoms with van der Waals surface area (Å²) in [5, 5.41) is 12.0. The fourth-order valence-electron chi connectivity index (χ4n) is 1.40. The van der Waals surface area contributed by atoms with Gasteiger partial charge in [0, 0.05) is 18.7 Å². The second-order valence-electron chi connectivity index (χ2n) is 2.85. The quantitative estimate of drug-likeness (QED) is 0.569. The number of aliphatic hydroxyl groups is 1. The largest absolute Gasteiger partial charge is 0.396 e. The summed E-state index contributed by atoms with van der Waals surface area (Å²) >= 11 is 0. The first-order valence-corrected chi connectivity index (χ1v) is 3.70. The van der Waals surface area contributed by atoms with Crippen LogP contribution in [0.15, 0.2) is 0 Å². The smallest absolute Gasteiger partial charge is 0.0445 e. The van der Waals surface area contributed by atoms with Gasteiger partial charge < -0.3 is 10.4 Å². The van der Waals surface area contributed by atoms with E-state index in [2.05, 4.69) is 12.2 Å². The van der Waals surface area contributed by atoms with Crippen LogP contribution in [0.1, 0.15) is 26.2 Å². The summed E-state index contributed by atoms with van der Waals surface area (Å²) in [7, 11) is 0. The van der Waals surface area contributed by atoms with Crippen LogP contribution < -0.4 is 5.32 Å². The number of rotatable bonds is 2. The molecule has 1 fully saturated rings. The van der Waals surface area contributed by atoms with Gasteiger partial charge in [-0.05, 0) is 26.2 Å². The molecule has 0 bridgehead atoms. The van der Waals surface area contributed by atoms with E-state index in [1.807, 2.05) is 0 Å². The van der Waals surface area contributed by atoms with E-state index in [0.29, 0.717) is 18.7 Å². The highest BCUT2D eigenvalue weighted by Gasteiger charge is 2.18. The minimum Gasteiger partial charge on any atom is -0.396 e. The van der Waals surface area contributed by atoms with Crippen molar-refractivity contribution in [2.45, 2.75) is 38.3 Å². The standard InChI is InChI=1S/C7H15NO/c1-6-2-3-7(8-6)4-5-9/h6-9H,2-5H2,1H3/t6-,7-/m0/s1. The van der Waals surface area contributed by atoms with Crippen molar-refractivity contribution < 1.29 is 5.11 Å². The summed E-state index contributed by atoms with van der Waals surface area (Å²) in [4.78, 5) is 0. The SMILES string of the molecule is C[C@H]1CC[C@@H](CCO)N1. The predicted octanol–water partition coefficient (Wildman–Crippen LogP) is 0.509. The second-order valence-corrected chi connectivity index (χ2v) is 2.85. The molecule has 2 nitrogen and oxygen atoms in total. The number of hydrogen-bond donors (Lipinski definition) is 2. The van der Waals surface area contributed by atoms with Crippen LogP contribution in [0.2, 0.25) is 0 Å². The zero-order valence-corrected chi connectivity index (χ0v) is 5.93. The minimum absolute atomic E-state index is 0.324. The van der Waals surface area contributed by atoms with Gasteiger partial charge in [-0.15, -0.1) is 0 Å². The lowest BCUT2D eigenvalue weighted by atomic mass is 10.1. The van der Waals surface area contributed by atoms with E-state index in [9.17, 15) is 0 Å². The molecule has 1 aliphatic rings. The van der Waals surface area contributed by atoms with E-state index in [0.717, 1.165) is 6.42 Å². The van der Waals surface area contributed by atoms with Crippen LogP contribution in [-0.4, -0.2) is 23.8 Å². The van der Waals surface area contributed by atoms with Crippen molar-refractivity contribution in [1.29, 1.82) is 0 Å². The number of nitrogens with one attached hydrogen (secondary N) is 1. The highest BCUT2D eigenvalue weighted by Crippen LogP contribution is 2.13. The topological polar surface area (TPSA) is 32.3 Å². The van der Waals surface area contributed by atoms with Crippen molar-refractivity contribution in [2.75, 3.05) is 6.61 Å². The Morgan fingerprint density at radius 2 is 2.33 bits per heavy atom. The summed E-state index contributed by atoms with van der Waals surface area (Å²) in [5.41, 5.74) is 0. The molecule has 0 aromatic rings. The monoisotopic (exact) mass is 129 g/mol. The van der Waals surface area contributed by atoms with E-state index < -0.39 is 0 Å². The third kappa shape index (κ3) is 1.95. The molecule has 54 valence electrons. The molecule has 2 heteroatoms. The average molecular weight is 129 g/mol. The molecule has 2 N–H and O–H groups in total. The molecule has 1 aliphatic heterocycles. The first kappa shape index (κ1) is 7.03. The Morgan fingerprint density at radius 3 is 2.78 bits per heavy atom. The van der Waals surface area contributed by atoms with Gasteiger partial charge in [-0.25, -0.2) is 0 Å². The van der Waals surface area contributed by atoms with Crippen LogP contribution in [0.4, 0.5) is 0 Å². The van der Waals surface area contributed by atoms with Gasteiger partial charge in [0.2, 0.25) is 0 Å². The molecular weight excluding hydrogens is 114 g/mol. The zero-order chi connectivity index (χ0) is 6.69. The Kier molecular flexibility index (Phi) is 2.49. The van der Waals surface area contributed by atoms with Crippen LogP contribution in [-0.2, 0) is 0 Å². The molecule has 0 unspecified atom stereocenters. The highest BCUT2D eigenvalue weighted by atomic mass is 16.3. The maximum absolute atomic E-state index is 8.57. The van der Waals surface area contributed by atoms with Crippen LogP contribution in [0.3, 0.4) is 0 Å². The first-order chi connectivity index (χ1) is 4.33. The van der Waals surface area contributed by atoms with Crippen LogP contribution >= 0.6 is 0 Å². The summed E-state index contributed by atoms with van der Waals surface area (Å²) in [6.07, 6.45) is 3.43. The zero-order valence-electron chi connectivity index (χ0n) is 5.93. The molecule has 2 atom stereocenters. The lowest BCUT2D eigenvalue weighted by Gasteiger charge is -2.08. The van der Waals surface area contributed by atoms with Crippen molar-refractivity contribution in [3.8, 4) is 0 Å². The average Bonchev–Trinajstić information content (AvgIpc) is 2.17. The van der Waals surface area contributed by atoms with Gasteiger partial charge in [0.25, 0.3) is 0 Å². The van der Waals surface area contributed by atoms with Gasteiger partial charge in [0.15, 0.2) is 0 Å². The molecule has 0 saturated carbocycles. The fourth-order valence-corrected chi connectivity index (χ4v) is 1.40. The predicted molar refractivity (Wildman–Crippen MR) is 37.3 cm³/mol.